The van der Waals surface area contributed by atoms with Gasteiger partial charge >= 0.3 is 11.9 Å². The minimum atomic E-state index is -4.65. The van der Waals surface area contributed by atoms with Gasteiger partial charge in [0.2, 0.25) is 0 Å². The van der Waals surface area contributed by atoms with Crippen LogP contribution in [0.2, 0.25) is 0 Å². The van der Waals surface area contributed by atoms with Crippen molar-refractivity contribution in [3.63, 3.8) is 0 Å². The summed E-state index contributed by atoms with van der Waals surface area (Å²) in [6, 6.07) is 0. The van der Waals surface area contributed by atoms with Gasteiger partial charge in [-0.05, 0) is 109 Å². The van der Waals surface area contributed by atoms with Gasteiger partial charge in [-0.2, -0.15) is 0 Å². The van der Waals surface area contributed by atoms with Crippen LogP contribution < -0.4 is 4.89 Å². The molecule has 0 saturated heterocycles. The van der Waals surface area contributed by atoms with Gasteiger partial charge in [-0.3, -0.25) is 14.2 Å². The number of carbonyl (C=O) groups is 2. The summed E-state index contributed by atoms with van der Waals surface area (Å²) >= 11 is 0. The molecule has 0 aromatic heterocycles. The monoisotopic (exact) mass is 1130 g/mol. The molecule has 0 fully saturated rings. The number of phosphoric acid groups is 1. The smallest absolute Gasteiger partial charge is 0.306 e. The highest BCUT2D eigenvalue weighted by Gasteiger charge is 2.22. The Morgan fingerprint density at radius 1 is 0.388 bits per heavy atom. The van der Waals surface area contributed by atoms with Crippen LogP contribution in [0.5, 0.6) is 0 Å². The molecule has 2 atom stereocenters. The number of esters is 2. The molecule has 0 rings (SSSR count). The van der Waals surface area contributed by atoms with Crippen molar-refractivity contribution in [2.24, 2.45) is 0 Å². The molecule has 0 heterocycles. The summed E-state index contributed by atoms with van der Waals surface area (Å²) in [5, 5.41) is 0. The molecule has 0 aromatic carbocycles. The first-order chi connectivity index (χ1) is 39.0. The third-order valence-electron chi connectivity index (χ3n) is 13.2. The maximum Gasteiger partial charge on any atom is 0.306 e. The Labute approximate surface area is 491 Å². The first-order valence-electron chi connectivity index (χ1n) is 31.9. The van der Waals surface area contributed by atoms with Crippen molar-refractivity contribution in [1.29, 1.82) is 0 Å². The first kappa shape index (κ1) is 76.1. The molecule has 9 nitrogen and oxygen atoms in total. The zero-order valence-corrected chi connectivity index (χ0v) is 52.6. The van der Waals surface area contributed by atoms with Crippen molar-refractivity contribution in [3.05, 3.63) is 134 Å². The molecule has 0 bridgehead atoms. The van der Waals surface area contributed by atoms with E-state index in [9.17, 15) is 19.0 Å². The molecular formula is C70H118NO8P. The number of ether oxygens (including phenoxy) is 2. The number of unbranched alkanes of at least 4 members (excludes halogenated alkanes) is 21. The number of rotatable bonds is 57. The lowest BCUT2D eigenvalue weighted by atomic mass is 10.0. The molecule has 10 heteroatoms. The summed E-state index contributed by atoms with van der Waals surface area (Å²) in [6.07, 6.45) is 86.8. The van der Waals surface area contributed by atoms with Crippen LogP contribution in [-0.4, -0.2) is 70.0 Å². The number of carbonyl (C=O) groups excluding carboxylic acids is 2. The van der Waals surface area contributed by atoms with E-state index in [1.54, 1.807) is 0 Å². The van der Waals surface area contributed by atoms with Gasteiger partial charge in [-0.1, -0.05) is 257 Å². The van der Waals surface area contributed by atoms with Gasteiger partial charge in [-0.15, -0.1) is 0 Å². The van der Waals surface area contributed by atoms with E-state index < -0.39 is 32.5 Å². The van der Waals surface area contributed by atoms with Crippen molar-refractivity contribution < 1.29 is 42.1 Å². The van der Waals surface area contributed by atoms with Crippen LogP contribution in [-0.2, 0) is 32.7 Å². The molecule has 0 spiro atoms. The van der Waals surface area contributed by atoms with Crippen molar-refractivity contribution >= 4 is 19.8 Å². The van der Waals surface area contributed by atoms with E-state index >= 15 is 0 Å². The highest BCUT2D eigenvalue weighted by Crippen LogP contribution is 2.38. The fourth-order valence-corrected chi connectivity index (χ4v) is 9.06. The van der Waals surface area contributed by atoms with Crippen LogP contribution in [0.15, 0.2) is 134 Å². The highest BCUT2D eigenvalue weighted by atomic mass is 31.2. The molecule has 0 aliphatic rings. The van der Waals surface area contributed by atoms with Gasteiger partial charge < -0.3 is 27.9 Å². The van der Waals surface area contributed by atoms with E-state index in [0.29, 0.717) is 23.9 Å². The van der Waals surface area contributed by atoms with Crippen LogP contribution in [0.4, 0.5) is 0 Å². The summed E-state index contributed by atoms with van der Waals surface area (Å²) in [7, 11) is 1.13. The van der Waals surface area contributed by atoms with E-state index in [2.05, 4.69) is 148 Å². The van der Waals surface area contributed by atoms with Crippen LogP contribution in [0, 0.1) is 0 Å². The van der Waals surface area contributed by atoms with Crippen LogP contribution in [0.25, 0.3) is 0 Å². The Morgan fingerprint density at radius 2 is 0.675 bits per heavy atom. The highest BCUT2D eigenvalue weighted by molar-refractivity contribution is 7.45. The van der Waals surface area contributed by atoms with E-state index in [1.165, 1.54) is 103 Å². The third kappa shape index (κ3) is 63.3. The quantitative estimate of drug-likeness (QED) is 0.0195. The van der Waals surface area contributed by atoms with Gasteiger partial charge in [0.25, 0.3) is 7.82 Å². The van der Waals surface area contributed by atoms with Gasteiger partial charge in [0.05, 0.1) is 27.7 Å². The van der Waals surface area contributed by atoms with Gasteiger partial charge in [0, 0.05) is 12.8 Å². The number of phosphoric ester groups is 1. The molecule has 0 saturated carbocycles. The van der Waals surface area contributed by atoms with Crippen molar-refractivity contribution in [1.82, 2.24) is 0 Å². The number of hydrogen-bond acceptors (Lipinski definition) is 8. The molecule has 80 heavy (non-hydrogen) atoms. The van der Waals surface area contributed by atoms with Crippen LogP contribution in [0.3, 0.4) is 0 Å². The maximum absolute atomic E-state index is 12.8. The molecule has 0 aliphatic heterocycles. The summed E-state index contributed by atoms with van der Waals surface area (Å²) in [4.78, 5) is 37.8. The normalized spacial score (nSPS) is 14.1. The Hall–Kier alpha value is -3.85. The Balaban J connectivity index is 3.99. The van der Waals surface area contributed by atoms with E-state index in [4.69, 9.17) is 18.5 Å². The van der Waals surface area contributed by atoms with Crippen molar-refractivity contribution in [3.8, 4) is 0 Å². The first-order valence-corrected chi connectivity index (χ1v) is 33.4. The van der Waals surface area contributed by atoms with Gasteiger partial charge in [0.15, 0.2) is 6.10 Å². The second-order valence-electron chi connectivity index (χ2n) is 22.0. The molecule has 456 valence electrons. The molecule has 0 N–H and O–H groups in total. The van der Waals surface area contributed by atoms with Crippen molar-refractivity contribution in [2.45, 2.75) is 251 Å². The predicted molar refractivity (Wildman–Crippen MR) is 341 cm³/mol. The summed E-state index contributed by atoms with van der Waals surface area (Å²) in [5.41, 5.74) is 0. The Bertz CT molecular complexity index is 1810. The lowest BCUT2D eigenvalue weighted by Gasteiger charge is -2.28. The SMILES string of the molecule is CC/C=C\C/C=C\C/C=C\C/C=C\C/C=C\C/C=C\C/C=C\CCCCCCCCCCCCCCCCCCCCCC(=O)OC(COC(=O)CCCC/C=C\C/C=C\C/C=C\C/C=C\CC)COP(=O)([O-])OCC[N+](C)(C)C. The zero-order valence-electron chi connectivity index (χ0n) is 51.7. The number of hydrogen-bond donors (Lipinski definition) is 0. The molecule has 0 radical (unpaired) electrons. The summed E-state index contributed by atoms with van der Waals surface area (Å²) in [5.74, 6) is -0.884. The van der Waals surface area contributed by atoms with Crippen molar-refractivity contribution in [2.75, 3.05) is 47.5 Å². The zero-order chi connectivity index (χ0) is 58.4. The summed E-state index contributed by atoms with van der Waals surface area (Å²) in [6.45, 7) is 3.95. The fourth-order valence-electron chi connectivity index (χ4n) is 8.33. The number of quaternary nitrogens is 1. The molecule has 2 unspecified atom stereocenters. The molecule has 0 aliphatic carbocycles. The van der Waals surface area contributed by atoms with Crippen LogP contribution in [0.1, 0.15) is 245 Å². The molecular weight excluding hydrogens is 1010 g/mol. The second kappa shape index (κ2) is 59.8. The lowest BCUT2D eigenvalue weighted by Crippen LogP contribution is -2.37. The Kier molecular flexibility index (Phi) is 56.9. The number of likely N-dealkylation sites (N-methyl/N-ethyl adjacent to an activating group) is 1. The van der Waals surface area contributed by atoms with E-state index in [1.807, 2.05) is 21.1 Å². The minimum absolute atomic E-state index is 0.0421. The lowest BCUT2D eigenvalue weighted by molar-refractivity contribution is -0.870. The largest absolute Gasteiger partial charge is 0.756 e. The minimum Gasteiger partial charge on any atom is -0.756 e. The maximum atomic E-state index is 12.8. The third-order valence-corrected chi connectivity index (χ3v) is 14.1. The van der Waals surface area contributed by atoms with Gasteiger partial charge in [-0.25, -0.2) is 0 Å². The molecule has 0 amide bonds. The Morgan fingerprint density at radius 3 is 1.02 bits per heavy atom. The van der Waals surface area contributed by atoms with E-state index in [0.717, 1.165) is 103 Å². The fraction of sp³-hybridized carbons (Fsp3) is 0.657. The average Bonchev–Trinajstić information content (AvgIpc) is 3.42. The van der Waals surface area contributed by atoms with Crippen LogP contribution >= 0.6 is 7.82 Å². The number of nitrogens with zero attached hydrogens (tertiary/aromatic N) is 1. The molecule has 0 aromatic rings. The standard InChI is InChI=1S/C70H118NO8P/c1-6-8-10-12-14-16-18-20-22-23-24-25-26-27-28-29-30-31-32-33-34-35-36-37-38-39-40-41-42-43-44-45-46-47-49-51-53-55-57-59-61-63-70(73)79-68(67-78-80(74,75)77-65-64-71(3,4)5)66-76-69(72)62-60-58-56-54-52-50-48-21-19-17-15-13-11-9-7-2/h8-11,14-17,20-22,24-25,27-28,30-31,33-34,48,52,54,68H,6-7,12-13,18-19,23,26,29,32,35-47,49-51,53,55-67H2,1-5H3/b10-8-,11-9-,16-14-,17-15-,22-20-,25-24-,28-27-,31-30-,34-33-,48-21-,54-52-. The average molecular weight is 1130 g/mol. The van der Waals surface area contributed by atoms with E-state index in [-0.39, 0.29) is 26.1 Å². The number of allylic oxidation sites excluding steroid dienone is 22. The summed E-state index contributed by atoms with van der Waals surface area (Å²) < 4.78 is 34.1. The topological polar surface area (TPSA) is 111 Å². The van der Waals surface area contributed by atoms with Gasteiger partial charge in [0.1, 0.15) is 19.8 Å². The predicted octanol–water partition coefficient (Wildman–Crippen LogP) is 19.9. The second-order valence-corrected chi connectivity index (χ2v) is 23.4.